The predicted molar refractivity (Wildman–Crippen MR) is 54.9 cm³/mol. The van der Waals surface area contributed by atoms with Crippen molar-refractivity contribution in [2.45, 2.75) is 0 Å². The highest BCUT2D eigenvalue weighted by Crippen LogP contribution is 2.11. The first-order valence-electron chi connectivity index (χ1n) is 3.97. The van der Waals surface area contributed by atoms with Crippen molar-refractivity contribution in [1.82, 2.24) is 9.97 Å². The van der Waals surface area contributed by atoms with Crippen LogP contribution in [0.25, 0.3) is 11.4 Å². The molecule has 13 heavy (non-hydrogen) atoms. The molecule has 0 bridgehead atoms. The van der Waals surface area contributed by atoms with Crippen LogP contribution < -0.4 is 0 Å². The lowest BCUT2D eigenvalue weighted by Gasteiger charge is -1.98. The molecule has 1 heterocycles. The van der Waals surface area contributed by atoms with Crippen LogP contribution in [0, 0.1) is 4.64 Å². The third-order valence-electron chi connectivity index (χ3n) is 1.72. The van der Waals surface area contributed by atoms with Gasteiger partial charge in [0, 0.05) is 11.8 Å². The minimum absolute atomic E-state index is 0.703. The molecule has 2 rings (SSSR count). The quantitative estimate of drug-likeness (QED) is 0.697. The van der Waals surface area contributed by atoms with Crippen molar-refractivity contribution in [3.8, 4) is 11.4 Å². The Kier molecular flexibility index (Phi) is 2.19. The molecule has 0 aliphatic heterocycles. The second kappa shape index (κ2) is 3.49. The summed E-state index contributed by atoms with van der Waals surface area (Å²) in [6.07, 6.45) is 1.71. The van der Waals surface area contributed by atoms with Gasteiger partial charge in [0.15, 0.2) is 0 Å². The Hall–Kier alpha value is -1.48. The van der Waals surface area contributed by atoms with E-state index in [9.17, 15) is 0 Å². The van der Waals surface area contributed by atoms with E-state index < -0.39 is 0 Å². The first kappa shape index (κ1) is 8.13. The maximum Gasteiger partial charge on any atom is 0.138 e. The molecule has 1 aromatic carbocycles. The number of nitrogens with one attached hydrogen (secondary N) is 1. The highest BCUT2D eigenvalue weighted by atomic mass is 32.1. The van der Waals surface area contributed by atoms with Crippen LogP contribution in [-0.4, -0.2) is 9.97 Å². The Bertz CT molecular complexity index is 448. The molecule has 0 aliphatic carbocycles. The van der Waals surface area contributed by atoms with Crippen LogP contribution in [0.5, 0.6) is 0 Å². The van der Waals surface area contributed by atoms with Gasteiger partial charge in [-0.3, -0.25) is 0 Å². The molecule has 0 saturated heterocycles. The van der Waals surface area contributed by atoms with Crippen molar-refractivity contribution in [3.05, 3.63) is 47.2 Å². The fourth-order valence-electron chi connectivity index (χ4n) is 1.11. The van der Waals surface area contributed by atoms with Gasteiger partial charge in [0.25, 0.3) is 0 Å². The molecular weight excluding hydrogens is 180 g/mol. The molecule has 2 aromatic rings. The van der Waals surface area contributed by atoms with Crippen LogP contribution in [0.4, 0.5) is 0 Å². The lowest BCUT2D eigenvalue weighted by molar-refractivity contribution is 1.16. The minimum Gasteiger partial charge on any atom is -0.331 e. The zero-order valence-corrected chi connectivity index (χ0v) is 7.71. The lowest BCUT2D eigenvalue weighted by Crippen LogP contribution is -1.86. The highest BCUT2D eigenvalue weighted by Gasteiger charge is 1.95. The number of benzene rings is 1. The molecule has 1 N–H and O–H groups in total. The van der Waals surface area contributed by atoms with Gasteiger partial charge in [0.1, 0.15) is 10.5 Å². The van der Waals surface area contributed by atoms with Gasteiger partial charge in [-0.1, -0.05) is 42.5 Å². The molecule has 64 valence electrons. The van der Waals surface area contributed by atoms with E-state index in [1.807, 2.05) is 30.3 Å². The fourth-order valence-corrected chi connectivity index (χ4v) is 1.27. The number of H-pyrrole nitrogens is 1. The molecular formula is C10H8N2S. The molecule has 3 heteroatoms. The van der Waals surface area contributed by atoms with E-state index in [0.717, 1.165) is 11.4 Å². The second-order valence-electron chi connectivity index (χ2n) is 2.65. The number of hydrogen-bond acceptors (Lipinski definition) is 2. The van der Waals surface area contributed by atoms with Crippen molar-refractivity contribution in [2.75, 3.05) is 0 Å². The monoisotopic (exact) mass is 188 g/mol. The van der Waals surface area contributed by atoms with Crippen LogP contribution in [0.3, 0.4) is 0 Å². The van der Waals surface area contributed by atoms with Gasteiger partial charge in [-0.15, -0.1) is 0 Å². The summed E-state index contributed by atoms with van der Waals surface area (Å²) in [6.45, 7) is 0. The van der Waals surface area contributed by atoms with Crippen LogP contribution in [0.2, 0.25) is 0 Å². The molecule has 1 aromatic heterocycles. The zero-order valence-electron chi connectivity index (χ0n) is 6.90. The summed E-state index contributed by atoms with van der Waals surface area (Å²) in [4.78, 5) is 7.21. The Morgan fingerprint density at radius 1 is 1.08 bits per heavy atom. The van der Waals surface area contributed by atoms with Crippen molar-refractivity contribution in [1.29, 1.82) is 0 Å². The van der Waals surface area contributed by atoms with Gasteiger partial charge in [-0.25, -0.2) is 4.98 Å². The van der Waals surface area contributed by atoms with E-state index >= 15 is 0 Å². The maximum atomic E-state index is 5.00. The number of rotatable bonds is 1. The number of nitrogens with zero attached hydrogens (tertiary/aromatic N) is 1. The van der Waals surface area contributed by atoms with E-state index in [-0.39, 0.29) is 0 Å². The minimum atomic E-state index is 0.703. The molecule has 0 atom stereocenters. The summed E-state index contributed by atoms with van der Waals surface area (Å²) in [5.41, 5.74) is 1.05. The Labute approximate surface area is 81.3 Å². The smallest absolute Gasteiger partial charge is 0.138 e. The number of hydrogen-bond donors (Lipinski definition) is 1. The molecule has 0 radical (unpaired) electrons. The van der Waals surface area contributed by atoms with Gasteiger partial charge >= 0.3 is 0 Å². The fraction of sp³-hybridized carbons (Fsp3) is 0. The van der Waals surface area contributed by atoms with Gasteiger partial charge in [-0.05, 0) is 6.07 Å². The normalized spacial score (nSPS) is 9.85. The first-order chi connectivity index (χ1) is 6.36. The standard InChI is InChI=1S/C10H8N2S/c13-9-6-7-11-10(12-9)8-4-2-1-3-5-8/h1-7H,(H,11,12,13). The van der Waals surface area contributed by atoms with Crippen molar-refractivity contribution < 1.29 is 0 Å². The molecule has 2 nitrogen and oxygen atoms in total. The van der Waals surface area contributed by atoms with E-state index in [0.29, 0.717) is 4.64 Å². The predicted octanol–water partition coefficient (Wildman–Crippen LogP) is 2.81. The molecule has 0 spiro atoms. The summed E-state index contributed by atoms with van der Waals surface area (Å²) in [7, 11) is 0. The summed E-state index contributed by atoms with van der Waals surface area (Å²) in [6, 6.07) is 11.7. The molecule has 0 unspecified atom stereocenters. The van der Waals surface area contributed by atoms with Crippen LogP contribution >= 0.6 is 12.2 Å². The van der Waals surface area contributed by atoms with Crippen LogP contribution in [0.1, 0.15) is 0 Å². The van der Waals surface area contributed by atoms with Gasteiger partial charge < -0.3 is 4.98 Å². The Morgan fingerprint density at radius 2 is 1.85 bits per heavy atom. The summed E-state index contributed by atoms with van der Waals surface area (Å²) in [5, 5.41) is 0. The van der Waals surface area contributed by atoms with Gasteiger partial charge in [-0.2, -0.15) is 0 Å². The molecule has 0 amide bonds. The van der Waals surface area contributed by atoms with E-state index in [1.165, 1.54) is 0 Å². The summed E-state index contributed by atoms with van der Waals surface area (Å²) < 4.78 is 0.703. The Balaban J connectivity index is 2.54. The topological polar surface area (TPSA) is 28.7 Å². The SMILES string of the molecule is S=c1ccnc(-c2ccccc2)[nH]1. The van der Waals surface area contributed by atoms with Gasteiger partial charge in [0.2, 0.25) is 0 Å². The third kappa shape index (κ3) is 1.81. The largest absolute Gasteiger partial charge is 0.331 e. The maximum absolute atomic E-state index is 5.00. The number of aromatic amines is 1. The van der Waals surface area contributed by atoms with E-state index in [2.05, 4.69) is 9.97 Å². The van der Waals surface area contributed by atoms with Crippen molar-refractivity contribution >= 4 is 12.2 Å². The average molecular weight is 188 g/mol. The van der Waals surface area contributed by atoms with Crippen molar-refractivity contribution in [2.24, 2.45) is 0 Å². The van der Waals surface area contributed by atoms with E-state index in [4.69, 9.17) is 12.2 Å². The lowest BCUT2D eigenvalue weighted by atomic mass is 10.2. The highest BCUT2D eigenvalue weighted by molar-refractivity contribution is 7.71. The summed E-state index contributed by atoms with van der Waals surface area (Å²) >= 11 is 5.00. The molecule has 0 fully saturated rings. The van der Waals surface area contributed by atoms with Gasteiger partial charge in [0.05, 0.1) is 0 Å². The van der Waals surface area contributed by atoms with E-state index in [1.54, 1.807) is 12.3 Å². The zero-order chi connectivity index (χ0) is 9.10. The first-order valence-corrected chi connectivity index (χ1v) is 4.38. The number of aromatic nitrogens is 2. The molecule has 0 aliphatic rings. The Morgan fingerprint density at radius 3 is 2.54 bits per heavy atom. The van der Waals surface area contributed by atoms with Crippen LogP contribution in [-0.2, 0) is 0 Å². The molecule has 0 saturated carbocycles. The average Bonchev–Trinajstić information content (AvgIpc) is 2.19. The summed E-state index contributed by atoms with van der Waals surface area (Å²) in [5.74, 6) is 0.813. The van der Waals surface area contributed by atoms with Crippen molar-refractivity contribution in [3.63, 3.8) is 0 Å². The third-order valence-corrected chi connectivity index (χ3v) is 1.96. The second-order valence-corrected chi connectivity index (χ2v) is 3.09. The van der Waals surface area contributed by atoms with Crippen LogP contribution in [0.15, 0.2) is 42.6 Å².